The van der Waals surface area contributed by atoms with Gasteiger partial charge in [-0.15, -0.1) is 0 Å². The number of carbonyl (C=O) groups excluding carboxylic acids is 2. The Bertz CT molecular complexity index is 737. The molecule has 0 unspecified atom stereocenters. The number of piperidine rings is 1. The second kappa shape index (κ2) is 8.69. The quantitative estimate of drug-likeness (QED) is 0.794. The summed E-state index contributed by atoms with van der Waals surface area (Å²) >= 11 is 0. The zero-order valence-electron chi connectivity index (χ0n) is 16.3. The highest BCUT2D eigenvalue weighted by Gasteiger charge is 2.27. The molecule has 3 rings (SSSR count). The van der Waals surface area contributed by atoms with Crippen LogP contribution in [0.2, 0.25) is 0 Å². The molecule has 0 bridgehead atoms. The van der Waals surface area contributed by atoms with E-state index in [2.05, 4.69) is 11.9 Å². The molecule has 3 heterocycles. The van der Waals surface area contributed by atoms with Crippen LogP contribution in [0.5, 0.6) is 0 Å². The molecule has 1 atom stereocenters. The van der Waals surface area contributed by atoms with Crippen molar-refractivity contribution in [1.82, 2.24) is 14.7 Å². The van der Waals surface area contributed by atoms with E-state index in [0.29, 0.717) is 31.2 Å². The average molecular weight is 375 g/mol. The fourth-order valence-corrected chi connectivity index (χ4v) is 3.89. The first-order valence-electron chi connectivity index (χ1n) is 9.80. The zero-order chi connectivity index (χ0) is 19.4. The molecule has 2 saturated heterocycles. The third-order valence-corrected chi connectivity index (χ3v) is 5.53. The number of rotatable bonds is 4. The van der Waals surface area contributed by atoms with Crippen molar-refractivity contribution in [3.05, 3.63) is 33.9 Å². The molecule has 148 valence electrons. The van der Waals surface area contributed by atoms with Gasteiger partial charge in [-0.2, -0.15) is 0 Å². The van der Waals surface area contributed by atoms with Gasteiger partial charge in [-0.3, -0.25) is 14.4 Å². The lowest BCUT2D eigenvalue weighted by Gasteiger charge is -2.34. The molecule has 27 heavy (non-hydrogen) atoms. The van der Waals surface area contributed by atoms with Crippen LogP contribution in [0.4, 0.5) is 0 Å². The molecule has 7 nitrogen and oxygen atoms in total. The maximum Gasteiger partial charge on any atom is 0.289 e. The molecule has 0 N–H and O–H groups in total. The van der Waals surface area contributed by atoms with Gasteiger partial charge in [-0.05, 0) is 39.2 Å². The molecular weight excluding hydrogens is 346 g/mol. The summed E-state index contributed by atoms with van der Waals surface area (Å²) in [5.41, 5.74) is -0.214. The van der Waals surface area contributed by atoms with Gasteiger partial charge in [0.1, 0.15) is 5.76 Å². The molecule has 1 aromatic heterocycles. The summed E-state index contributed by atoms with van der Waals surface area (Å²) in [7, 11) is 2.08. The molecule has 0 spiro atoms. The minimum atomic E-state index is -0.231. The highest BCUT2D eigenvalue weighted by atomic mass is 16.3. The van der Waals surface area contributed by atoms with E-state index in [1.807, 2.05) is 4.90 Å². The van der Waals surface area contributed by atoms with Crippen molar-refractivity contribution in [3.63, 3.8) is 0 Å². The van der Waals surface area contributed by atoms with E-state index >= 15 is 0 Å². The Kier molecular flexibility index (Phi) is 6.31. The standard InChI is InChI=1S/C20H29N3O4/c1-15-12-17(24)13-18(27-15)20(26)23-7-3-4-16(14-23)5-6-19(25)22-10-8-21(2)9-11-22/h12-13,16H,3-11,14H2,1-2H3/t16-/m1/s1. The summed E-state index contributed by atoms with van der Waals surface area (Å²) in [4.78, 5) is 42.7. The Balaban J connectivity index is 1.52. The summed E-state index contributed by atoms with van der Waals surface area (Å²) in [6.45, 7) is 6.42. The minimum Gasteiger partial charge on any atom is -0.456 e. The Morgan fingerprint density at radius 1 is 1.11 bits per heavy atom. The number of nitrogens with zero attached hydrogens (tertiary/aromatic N) is 3. The number of likely N-dealkylation sites (N-methyl/N-ethyl adjacent to an activating group) is 1. The Labute approximate surface area is 159 Å². The molecule has 2 fully saturated rings. The summed E-state index contributed by atoms with van der Waals surface area (Å²) in [5, 5.41) is 0. The molecule has 2 aliphatic heterocycles. The van der Waals surface area contributed by atoms with Gasteiger partial charge in [0, 0.05) is 57.8 Å². The van der Waals surface area contributed by atoms with Crippen LogP contribution in [-0.4, -0.2) is 72.8 Å². The van der Waals surface area contributed by atoms with Gasteiger partial charge >= 0.3 is 0 Å². The normalized spacial score (nSPS) is 21.3. The molecule has 0 aliphatic carbocycles. The summed E-state index contributed by atoms with van der Waals surface area (Å²) in [5.74, 6) is 0.851. The fourth-order valence-electron chi connectivity index (χ4n) is 3.89. The van der Waals surface area contributed by atoms with E-state index in [0.717, 1.165) is 45.4 Å². The molecular formula is C20H29N3O4. The maximum absolute atomic E-state index is 12.7. The molecule has 0 saturated carbocycles. The van der Waals surface area contributed by atoms with E-state index in [1.165, 1.54) is 12.1 Å². The van der Waals surface area contributed by atoms with Crippen LogP contribution in [0, 0.1) is 12.8 Å². The second-order valence-electron chi connectivity index (χ2n) is 7.75. The first-order valence-corrected chi connectivity index (χ1v) is 9.80. The van der Waals surface area contributed by atoms with Gasteiger partial charge in [0.15, 0.2) is 11.2 Å². The fraction of sp³-hybridized carbons (Fsp3) is 0.650. The molecule has 2 amide bonds. The average Bonchev–Trinajstić information content (AvgIpc) is 2.65. The van der Waals surface area contributed by atoms with Crippen molar-refractivity contribution in [3.8, 4) is 0 Å². The van der Waals surface area contributed by atoms with Gasteiger partial charge in [0.05, 0.1) is 0 Å². The van der Waals surface area contributed by atoms with Crippen LogP contribution >= 0.6 is 0 Å². The van der Waals surface area contributed by atoms with Crippen molar-refractivity contribution >= 4 is 11.8 Å². The van der Waals surface area contributed by atoms with E-state index in [9.17, 15) is 14.4 Å². The van der Waals surface area contributed by atoms with Gasteiger partial charge in [0.25, 0.3) is 5.91 Å². The van der Waals surface area contributed by atoms with E-state index in [-0.39, 0.29) is 23.0 Å². The minimum absolute atomic E-state index is 0.106. The van der Waals surface area contributed by atoms with Crippen LogP contribution < -0.4 is 5.43 Å². The first-order chi connectivity index (χ1) is 12.9. The lowest BCUT2D eigenvalue weighted by molar-refractivity contribution is -0.133. The Morgan fingerprint density at radius 2 is 1.85 bits per heavy atom. The van der Waals surface area contributed by atoms with Gasteiger partial charge in [-0.1, -0.05) is 0 Å². The van der Waals surface area contributed by atoms with Crippen molar-refractivity contribution in [1.29, 1.82) is 0 Å². The summed E-state index contributed by atoms with van der Waals surface area (Å²) in [6, 6.07) is 2.63. The second-order valence-corrected chi connectivity index (χ2v) is 7.75. The number of carbonyl (C=O) groups is 2. The van der Waals surface area contributed by atoms with Crippen molar-refractivity contribution in [2.45, 2.75) is 32.6 Å². The third kappa shape index (κ3) is 5.19. The smallest absolute Gasteiger partial charge is 0.289 e. The van der Waals surface area contributed by atoms with Crippen LogP contribution in [0.3, 0.4) is 0 Å². The highest BCUT2D eigenvalue weighted by Crippen LogP contribution is 2.23. The maximum atomic E-state index is 12.7. The van der Waals surface area contributed by atoms with E-state index in [4.69, 9.17) is 4.42 Å². The number of aryl methyl sites for hydroxylation is 1. The molecule has 1 aromatic rings. The monoisotopic (exact) mass is 375 g/mol. The summed E-state index contributed by atoms with van der Waals surface area (Å²) < 4.78 is 5.44. The Hall–Kier alpha value is -2.15. The largest absolute Gasteiger partial charge is 0.456 e. The van der Waals surface area contributed by atoms with Crippen molar-refractivity contribution in [2.24, 2.45) is 5.92 Å². The van der Waals surface area contributed by atoms with Crippen LogP contribution in [0.1, 0.15) is 42.0 Å². The number of likely N-dealkylation sites (tertiary alicyclic amines) is 1. The third-order valence-electron chi connectivity index (χ3n) is 5.53. The number of amides is 2. The lowest BCUT2D eigenvalue weighted by atomic mass is 9.93. The molecule has 0 radical (unpaired) electrons. The predicted molar refractivity (Wildman–Crippen MR) is 102 cm³/mol. The van der Waals surface area contributed by atoms with Crippen molar-refractivity contribution < 1.29 is 14.0 Å². The first kappa shape index (κ1) is 19.6. The van der Waals surface area contributed by atoms with E-state index < -0.39 is 0 Å². The highest BCUT2D eigenvalue weighted by molar-refractivity contribution is 5.91. The number of hydrogen-bond acceptors (Lipinski definition) is 5. The van der Waals surface area contributed by atoms with Gasteiger partial charge in [0.2, 0.25) is 5.91 Å². The van der Waals surface area contributed by atoms with Crippen molar-refractivity contribution in [2.75, 3.05) is 46.3 Å². The number of hydrogen-bond donors (Lipinski definition) is 0. The van der Waals surface area contributed by atoms with Crippen LogP contribution in [0.15, 0.2) is 21.3 Å². The van der Waals surface area contributed by atoms with E-state index in [1.54, 1.807) is 11.8 Å². The van der Waals surface area contributed by atoms with Gasteiger partial charge < -0.3 is 19.1 Å². The van der Waals surface area contributed by atoms with Crippen LogP contribution in [-0.2, 0) is 4.79 Å². The topological polar surface area (TPSA) is 74.1 Å². The Morgan fingerprint density at radius 3 is 2.56 bits per heavy atom. The number of piperazine rings is 1. The molecule has 7 heteroatoms. The molecule has 0 aromatic carbocycles. The van der Waals surface area contributed by atoms with Gasteiger partial charge in [-0.25, -0.2) is 0 Å². The summed E-state index contributed by atoms with van der Waals surface area (Å²) in [6.07, 6.45) is 3.27. The zero-order valence-corrected chi connectivity index (χ0v) is 16.3. The lowest BCUT2D eigenvalue weighted by Crippen LogP contribution is -2.47. The molecule has 2 aliphatic rings. The van der Waals surface area contributed by atoms with Crippen LogP contribution in [0.25, 0.3) is 0 Å². The predicted octanol–water partition coefficient (Wildman–Crippen LogP) is 1.35. The SMILES string of the molecule is Cc1cc(=O)cc(C(=O)N2CCC[C@H](CCC(=O)N3CCN(C)CC3)C2)o1.